The molecular weight excluding hydrogens is 246 g/mol. The van der Waals surface area contributed by atoms with E-state index < -0.39 is 0 Å². The minimum absolute atomic E-state index is 0.373. The zero-order valence-electron chi connectivity index (χ0n) is 9.90. The zero-order valence-corrected chi connectivity index (χ0v) is 10.7. The second-order valence-corrected chi connectivity index (χ2v) is 4.58. The molecule has 2 nitrogen and oxygen atoms in total. The molecule has 0 unspecified atom stereocenters. The molecule has 0 aliphatic rings. The normalized spacial score (nSPS) is 10.3. The smallest absolute Gasteiger partial charge is 0.248 e. The van der Waals surface area contributed by atoms with Crippen LogP contribution in [0.1, 0.15) is 21.5 Å². The zero-order chi connectivity index (χ0) is 13.0. The molecule has 0 spiro atoms. The minimum atomic E-state index is -0.373. The molecule has 0 heterocycles. The molecule has 2 aromatic carbocycles. The summed E-state index contributed by atoms with van der Waals surface area (Å²) in [5.41, 5.74) is 8.13. The van der Waals surface area contributed by atoms with Gasteiger partial charge in [0.2, 0.25) is 5.91 Å². The maximum Gasteiger partial charge on any atom is 0.248 e. The summed E-state index contributed by atoms with van der Waals surface area (Å²) in [7, 11) is 0. The Hall–Kier alpha value is -1.80. The van der Waals surface area contributed by atoms with E-state index in [0.717, 1.165) is 23.4 Å². The van der Waals surface area contributed by atoms with Gasteiger partial charge in [-0.1, -0.05) is 41.9 Å². The number of nitrogens with two attached hydrogens (primary N) is 1. The molecule has 1 amide bonds. The van der Waals surface area contributed by atoms with Crippen molar-refractivity contribution in [3.05, 3.63) is 70.2 Å². The lowest BCUT2D eigenvalue weighted by Crippen LogP contribution is -2.13. The number of carbonyl (C=O) groups excluding carboxylic acids is 1. The Morgan fingerprint density at radius 3 is 2.33 bits per heavy atom. The standard InChI is InChI=1S/C15H14ClNO/c16-13-9-6-11(7-10-13)5-8-12-3-1-2-4-14(12)15(17)18/h1-4,6-7,9-10H,5,8H2,(H2,17,18). The van der Waals surface area contributed by atoms with Crippen LogP contribution in [0.5, 0.6) is 0 Å². The summed E-state index contributed by atoms with van der Waals surface area (Å²) in [4.78, 5) is 11.3. The lowest BCUT2D eigenvalue weighted by atomic mass is 9.99. The van der Waals surface area contributed by atoms with Crippen LogP contribution in [0.25, 0.3) is 0 Å². The molecule has 0 aliphatic heterocycles. The van der Waals surface area contributed by atoms with Crippen molar-refractivity contribution in [1.29, 1.82) is 0 Å². The number of rotatable bonds is 4. The summed E-state index contributed by atoms with van der Waals surface area (Å²) in [5, 5.41) is 0.733. The second kappa shape index (κ2) is 5.69. The van der Waals surface area contributed by atoms with Crippen molar-refractivity contribution in [2.75, 3.05) is 0 Å². The van der Waals surface area contributed by atoms with Crippen molar-refractivity contribution in [2.45, 2.75) is 12.8 Å². The van der Waals surface area contributed by atoms with Gasteiger partial charge in [0.25, 0.3) is 0 Å². The fourth-order valence-electron chi connectivity index (χ4n) is 1.91. The Kier molecular flexibility index (Phi) is 4.00. The Bertz CT molecular complexity index is 549. The molecule has 2 aromatic rings. The fourth-order valence-corrected chi connectivity index (χ4v) is 2.03. The molecule has 0 saturated heterocycles. The number of primary amides is 1. The molecule has 0 aromatic heterocycles. The van der Waals surface area contributed by atoms with E-state index in [9.17, 15) is 4.79 Å². The van der Waals surface area contributed by atoms with Gasteiger partial charge in [-0.25, -0.2) is 0 Å². The third kappa shape index (κ3) is 3.11. The van der Waals surface area contributed by atoms with Crippen molar-refractivity contribution in [1.82, 2.24) is 0 Å². The summed E-state index contributed by atoms with van der Waals surface area (Å²) < 4.78 is 0. The first-order valence-electron chi connectivity index (χ1n) is 5.79. The van der Waals surface area contributed by atoms with E-state index in [1.165, 1.54) is 5.56 Å². The summed E-state index contributed by atoms with van der Waals surface area (Å²) in [5.74, 6) is -0.373. The van der Waals surface area contributed by atoms with E-state index in [1.807, 2.05) is 42.5 Å². The summed E-state index contributed by atoms with van der Waals surface area (Å²) in [6.07, 6.45) is 1.65. The molecular formula is C15H14ClNO. The van der Waals surface area contributed by atoms with Crippen LogP contribution in [-0.2, 0) is 12.8 Å². The van der Waals surface area contributed by atoms with Gasteiger partial charge in [-0.3, -0.25) is 4.79 Å². The van der Waals surface area contributed by atoms with E-state index in [2.05, 4.69) is 0 Å². The monoisotopic (exact) mass is 259 g/mol. The molecule has 0 radical (unpaired) electrons. The second-order valence-electron chi connectivity index (χ2n) is 4.15. The van der Waals surface area contributed by atoms with Crippen LogP contribution in [-0.4, -0.2) is 5.91 Å². The average molecular weight is 260 g/mol. The van der Waals surface area contributed by atoms with Crippen LogP contribution >= 0.6 is 11.6 Å². The number of hydrogen-bond acceptors (Lipinski definition) is 1. The Balaban J connectivity index is 2.10. The number of amides is 1. The molecule has 0 bridgehead atoms. The summed E-state index contributed by atoms with van der Waals surface area (Å²) in [6, 6.07) is 15.2. The van der Waals surface area contributed by atoms with Crippen LogP contribution in [0.2, 0.25) is 5.02 Å². The highest BCUT2D eigenvalue weighted by Gasteiger charge is 2.06. The van der Waals surface area contributed by atoms with E-state index in [0.29, 0.717) is 5.56 Å². The van der Waals surface area contributed by atoms with Gasteiger partial charge in [-0.05, 0) is 42.2 Å². The lowest BCUT2D eigenvalue weighted by Gasteiger charge is -2.06. The minimum Gasteiger partial charge on any atom is -0.366 e. The number of benzene rings is 2. The highest BCUT2D eigenvalue weighted by Crippen LogP contribution is 2.14. The van der Waals surface area contributed by atoms with Crippen LogP contribution in [0.3, 0.4) is 0 Å². The molecule has 0 aliphatic carbocycles. The first kappa shape index (κ1) is 12.7. The van der Waals surface area contributed by atoms with Gasteiger partial charge in [0.1, 0.15) is 0 Å². The van der Waals surface area contributed by atoms with Gasteiger partial charge in [0.05, 0.1) is 0 Å². The van der Waals surface area contributed by atoms with Crippen LogP contribution in [0, 0.1) is 0 Å². The number of halogens is 1. The fraction of sp³-hybridized carbons (Fsp3) is 0.133. The van der Waals surface area contributed by atoms with Gasteiger partial charge >= 0.3 is 0 Å². The average Bonchev–Trinajstić information content (AvgIpc) is 2.38. The lowest BCUT2D eigenvalue weighted by molar-refractivity contribution is 0.0999. The van der Waals surface area contributed by atoms with E-state index in [-0.39, 0.29) is 5.91 Å². The molecule has 18 heavy (non-hydrogen) atoms. The van der Waals surface area contributed by atoms with Crippen molar-refractivity contribution < 1.29 is 4.79 Å². The van der Waals surface area contributed by atoms with Crippen LogP contribution < -0.4 is 5.73 Å². The Labute approximate surface area is 111 Å². The van der Waals surface area contributed by atoms with Gasteiger partial charge in [-0.15, -0.1) is 0 Å². The SMILES string of the molecule is NC(=O)c1ccccc1CCc1ccc(Cl)cc1. The predicted molar refractivity (Wildman–Crippen MR) is 73.8 cm³/mol. The van der Waals surface area contributed by atoms with Crippen LogP contribution in [0.4, 0.5) is 0 Å². The van der Waals surface area contributed by atoms with Gasteiger partial charge in [-0.2, -0.15) is 0 Å². The van der Waals surface area contributed by atoms with Gasteiger partial charge < -0.3 is 5.73 Å². The van der Waals surface area contributed by atoms with Crippen molar-refractivity contribution in [3.63, 3.8) is 0 Å². The van der Waals surface area contributed by atoms with Crippen molar-refractivity contribution in [2.24, 2.45) is 5.73 Å². The first-order valence-corrected chi connectivity index (χ1v) is 6.17. The molecule has 2 N–H and O–H groups in total. The highest BCUT2D eigenvalue weighted by molar-refractivity contribution is 6.30. The Morgan fingerprint density at radius 1 is 1.00 bits per heavy atom. The summed E-state index contributed by atoms with van der Waals surface area (Å²) >= 11 is 5.83. The highest BCUT2D eigenvalue weighted by atomic mass is 35.5. The molecule has 0 atom stereocenters. The first-order chi connectivity index (χ1) is 8.66. The van der Waals surface area contributed by atoms with Crippen molar-refractivity contribution in [3.8, 4) is 0 Å². The van der Waals surface area contributed by atoms with Crippen molar-refractivity contribution >= 4 is 17.5 Å². The third-order valence-electron chi connectivity index (χ3n) is 2.88. The predicted octanol–water partition coefficient (Wildman–Crippen LogP) is 3.22. The van der Waals surface area contributed by atoms with E-state index in [4.69, 9.17) is 17.3 Å². The van der Waals surface area contributed by atoms with Crippen LogP contribution in [0.15, 0.2) is 48.5 Å². The molecule has 2 rings (SSSR count). The molecule has 0 fully saturated rings. The topological polar surface area (TPSA) is 43.1 Å². The van der Waals surface area contributed by atoms with Gasteiger partial charge in [0.15, 0.2) is 0 Å². The summed E-state index contributed by atoms with van der Waals surface area (Å²) in [6.45, 7) is 0. The van der Waals surface area contributed by atoms with Gasteiger partial charge in [0, 0.05) is 10.6 Å². The third-order valence-corrected chi connectivity index (χ3v) is 3.13. The Morgan fingerprint density at radius 2 is 1.67 bits per heavy atom. The number of hydrogen-bond donors (Lipinski definition) is 1. The number of carbonyl (C=O) groups is 1. The van der Waals surface area contributed by atoms with E-state index in [1.54, 1.807) is 6.07 Å². The van der Waals surface area contributed by atoms with E-state index >= 15 is 0 Å². The molecule has 0 saturated carbocycles. The molecule has 3 heteroatoms. The number of aryl methyl sites for hydroxylation is 2. The maximum atomic E-state index is 11.3. The maximum absolute atomic E-state index is 11.3. The largest absolute Gasteiger partial charge is 0.366 e. The molecule has 92 valence electrons. The quantitative estimate of drug-likeness (QED) is 0.900.